The summed E-state index contributed by atoms with van der Waals surface area (Å²) >= 11 is 6.10. The number of benzene rings is 1. The van der Waals surface area contributed by atoms with E-state index >= 15 is 0 Å². The van der Waals surface area contributed by atoms with Gasteiger partial charge in [0.2, 0.25) is 0 Å². The number of nitrogens with zero attached hydrogens (tertiary/aromatic N) is 1. The van der Waals surface area contributed by atoms with Crippen LogP contribution in [0.3, 0.4) is 0 Å². The molecule has 1 aromatic rings. The van der Waals surface area contributed by atoms with Crippen LogP contribution < -0.4 is 0 Å². The number of halogens is 1. The Morgan fingerprint density at radius 3 is 2.37 bits per heavy atom. The van der Waals surface area contributed by atoms with Gasteiger partial charge in [-0.15, -0.1) is 0 Å². The van der Waals surface area contributed by atoms with Crippen LogP contribution >= 0.6 is 11.6 Å². The van der Waals surface area contributed by atoms with Gasteiger partial charge >= 0.3 is 0 Å². The molecule has 2 aliphatic carbocycles. The number of likely N-dealkylation sites (tertiary alicyclic amines) is 1. The maximum Gasteiger partial charge on any atom is 0.115 e. The van der Waals surface area contributed by atoms with E-state index in [0.29, 0.717) is 11.3 Å². The van der Waals surface area contributed by atoms with Gasteiger partial charge in [0.15, 0.2) is 0 Å². The second-order valence-corrected chi connectivity index (χ2v) is 8.72. The number of piperidine rings is 1. The first-order valence-electron chi connectivity index (χ1n) is 12.2. The first-order valence-corrected chi connectivity index (χ1v) is 12.6. The zero-order valence-corrected chi connectivity index (χ0v) is 20.4. The van der Waals surface area contributed by atoms with Gasteiger partial charge in [-0.05, 0) is 74.9 Å². The largest absolute Gasteiger partial charge is 0.494 e. The molecule has 1 atom stereocenters. The molecule has 0 aromatic heterocycles. The van der Waals surface area contributed by atoms with E-state index in [1.165, 1.54) is 57.3 Å². The van der Waals surface area contributed by atoms with Crippen LogP contribution in [0, 0.1) is 5.92 Å². The van der Waals surface area contributed by atoms with Crippen LogP contribution in [0.25, 0.3) is 0 Å². The molecule has 30 heavy (non-hydrogen) atoms. The Kier molecular flexibility index (Phi) is 11.0. The van der Waals surface area contributed by atoms with Gasteiger partial charge in [-0.25, -0.2) is 0 Å². The van der Waals surface area contributed by atoms with Crippen molar-refractivity contribution in [3.8, 4) is 0 Å². The molecule has 2 nitrogen and oxygen atoms in total. The van der Waals surface area contributed by atoms with E-state index in [4.69, 9.17) is 16.3 Å². The maximum absolute atomic E-state index is 6.10. The first kappa shape index (κ1) is 25.0. The van der Waals surface area contributed by atoms with Crippen LogP contribution in [0.4, 0.5) is 0 Å². The first-order chi connectivity index (χ1) is 14.7. The Balaban J connectivity index is 0.000000757. The second kappa shape index (κ2) is 13.2. The van der Waals surface area contributed by atoms with E-state index in [2.05, 4.69) is 47.4 Å². The quantitative estimate of drug-likeness (QED) is 0.455. The fourth-order valence-electron chi connectivity index (χ4n) is 4.71. The second-order valence-electron chi connectivity index (χ2n) is 8.28. The summed E-state index contributed by atoms with van der Waals surface area (Å²) < 4.78 is 6.07. The van der Waals surface area contributed by atoms with Crippen molar-refractivity contribution in [2.24, 2.45) is 5.92 Å². The van der Waals surface area contributed by atoms with Gasteiger partial charge in [0.25, 0.3) is 0 Å². The molecule has 0 spiro atoms. The summed E-state index contributed by atoms with van der Waals surface area (Å²) in [7, 11) is 0. The molecule has 1 saturated heterocycles. The van der Waals surface area contributed by atoms with Crippen molar-refractivity contribution in [2.45, 2.75) is 78.1 Å². The fourth-order valence-corrected chi connectivity index (χ4v) is 4.84. The van der Waals surface area contributed by atoms with Gasteiger partial charge in [0, 0.05) is 29.4 Å². The molecular weight excluding hydrogens is 390 g/mol. The molecule has 0 amide bonds. The summed E-state index contributed by atoms with van der Waals surface area (Å²) in [5.41, 5.74) is 1.83. The highest BCUT2D eigenvalue weighted by atomic mass is 35.5. The zero-order chi connectivity index (χ0) is 21.8. The Hall–Kier alpha value is -1.25. The van der Waals surface area contributed by atoms with Crippen molar-refractivity contribution < 1.29 is 4.74 Å². The van der Waals surface area contributed by atoms with Crippen LogP contribution in [0.2, 0.25) is 5.02 Å². The minimum Gasteiger partial charge on any atom is -0.494 e. The minimum absolute atomic E-state index is 0.349. The van der Waals surface area contributed by atoms with E-state index in [0.717, 1.165) is 30.2 Å². The van der Waals surface area contributed by atoms with Gasteiger partial charge in [-0.3, -0.25) is 0 Å². The standard InChI is InChI=1S/C23H30ClNO.2C2H6/c24-21-11-9-20(10-12-21)23(13-5-14-23)18-25-15-4-6-19(16-25)17-26-22-7-2-1-3-8-22;2*1-2/h2,7-12,19H,1,3-6,13-18H2;2*1-2H3/t19-;;/m1../s1. The Bertz CT molecular complexity index is 660. The summed E-state index contributed by atoms with van der Waals surface area (Å²) in [5, 5.41) is 0.837. The molecule has 1 aromatic carbocycles. The molecule has 1 saturated carbocycles. The van der Waals surface area contributed by atoms with E-state index in [1.54, 1.807) is 0 Å². The molecule has 0 radical (unpaired) electrons. The predicted octanol–water partition coefficient (Wildman–Crippen LogP) is 7.78. The lowest BCUT2D eigenvalue weighted by molar-refractivity contribution is 0.0679. The monoisotopic (exact) mass is 431 g/mol. The van der Waals surface area contributed by atoms with Crippen molar-refractivity contribution in [1.82, 2.24) is 4.90 Å². The number of hydrogen-bond donors (Lipinski definition) is 0. The third-order valence-corrected chi connectivity index (χ3v) is 6.60. The van der Waals surface area contributed by atoms with E-state index in [-0.39, 0.29) is 0 Å². The van der Waals surface area contributed by atoms with Crippen molar-refractivity contribution in [1.29, 1.82) is 0 Å². The molecule has 168 valence electrons. The SMILES string of the molecule is CC.CC.Clc1ccc(C2(CN3CCC[C@@H](COC4=CCCC=C4)C3)CCC2)cc1. The highest BCUT2D eigenvalue weighted by Gasteiger charge is 2.40. The Morgan fingerprint density at radius 2 is 1.77 bits per heavy atom. The van der Waals surface area contributed by atoms with E-state index in [1.807, 2.05) is 27.7 Å². The molecule has 3 aliphatic rings. The lowest BCUT2D eigenvalue weighted by atomic mass is 9.64. The summed E-state index contributed by atoms with van der Waals surface area (Å²) in [5.74, 6) is 1.73. The third-order valence-electron chi connectivity index (χ3n) is 6.34. The van der Waals surface area contributed by atoms with Crippen LogP contribution in [0.1, 0.15) is 78.2 Å². The molecule has 1 heterocycles. The molecule has 4 rings (SSSR count). The average Bonchev–Trinajstić information content (AvgIpc) is 2.79. The van der Waals surface area contributed by atoms with Crippen LogP contribution in [0.15, 0.2) is 48.3 Å². The molecule has 0 bridgehead atoms. The van der Waals surface area contributed by atoms with Gasteiger partial charge in [0.1, 0.15) is 5.76 Å². The zero-order valence-electron chi connectivity index (χ0n) is 19.6. The molecular formula is C27H42ClNO. The van der Waals surface area contributed by atoms with Crippen molar-refractivity contribution in [2.75, 3.05) is 26.2 Å². The minimum atomic E-state index is 0.349. The van der Waals surface area contributed by atoms with Gasteiger partial charge in [0.05, 0.1) is 6.61 Å². The predicted molar refractivity (Wildman–Crippen MR) is 131 cm³/mol. The number of hydrogen-bond acceptors (Lipinski definition) is 2. The van der Waals surface area contributed by atoms with Crippen LogP contribution in [-0.4, -0.2) is 31.1 Å². The smallest absolute Gasteiger partial charge is 0.115 e. The number of rotatable bonds is 6. The lowest BCUT2D eigenvalue weighted by Crippen LogP contribution is -2.49. The summed E-state index contributed by atoms with van der Waals surface area (Å²) in [4.78, 5) is 2.69. The lowest BCUT2D eigenvalue weighted by Gasteiger charge is -2.47. The van der Waals surface area contributed by atoms with E-state index in [9.17, 15) is 0 Å². The topological polar surface area (TPSA) is 12.5 Å². The molecule has 0 N–H and O–H groups in total. The summed E-state index contributed by atoms with van der Waals surface area (Å²) in [6.07, 6.45) is 15.4. The highest BCUT2D eigenvalue weighted by molar-refractivity contribution is 6.30. The summed E-state index contributed by atoms with van der Waals surface area (Å²) in [6, 6.07) is 8.59. The third kappa shape index (κ3) is 6.89. The van der Waals surface area contributed by atoms with Crippen LogP contribution in [-0.2, 0) is 10.2 Å². The fraction of sp³-hybridized carbons (Fsp3) is 0.630. The van der Waals surface area contributed by atoms with Crippen LogP contribution in [0.5, 0.6) is 0 Å². The molecule has 1 aliphatic heterocycles. The van der Waals surface area contributed by atoms with Crippen molar-refractivity contribution in [3.05, 3.63) is 58.8 Å². The number of allylic oxidation sites excluding steroid dienone is 3. The van der Waals surface area contributed by atoms with Gasteiger partial charge in [-0.2, -0.15) is 0 Å². The highest BCUT2D eigenvalue weighted by Crippen LogP contribution is 2.45. The Morgan fingerprint density at radius 1 is 1.03 bits per heavy atom. The molecule has 3 heteroatoms. The van der Waals surface area contributed by atoms with Gasteiger partial charge < -0.3 is 9.64 Å². The maximum atomic E-state index is 6.10. The van der Waals surface area contributed by atoms with E-state index < -0.39 is 0 Å². The van der Waals surface area contributed by atoms with Crippen molar-refractivity contribution in [3.63, 3.8) is 0 Å². The van der Waals surface area contributed by atoms with Crippen molar-refractivity contribution >= 4 is 11.6 Å². The van der Waals surface area contributed by atoms with Gasteiger partial charge in [-0.1, -0.05) is 63.9 Å². The Labute approximate surface area is 190 Å². The molecule has 2 fully saturated rings. The molecule has 0 unspecified atom stereocenters. The summed E-state index contributed by atoms with van der Waals surface area (Å²) in [6.45, 7) is 12.5. The number of ether oxygens (including phenoxy) is 1. The normalized spacial score (nSPS) is 22.4. The average molecular weight is 432 g/mol.